The first-order valence-corrected chi connectivity index (χ1v) is 11.9. The Morgan fingerprint density at radius 1 is 0.700 bits per heavy atom. The standard InChI is InChI=1S/C20H16Br2N4O2S2/c1-11(15-7-9-17(21)29-15)23-25-19(27)13-3-5-14(6-4-13)20(28)26-24-12(2)16-8-10-18(22)30-16/h3-10H,1-2H3,(H,25,27)(H,26,28)/b23-11+,24-12+. The molecule has 3 rings (SSSR count). The van der Waals surface area contributed by atoms with E-state index in [1.807, 2.05) is 38.1 Å². The molecule has 0 saturated carbocycles. The van der Waals surface area contributed by atoms with Crippen molar-refractivity contribution < 1.29 is 9.59 Å². The van der Waals surface area contributed by atoms with Gasteiger partial charge in [0, 0.05) is 11.1 Å². The van der Waals surface area contributed by atoms with Crippen LogP contribution < -0.4 is 10.9 Å². The first-order valence-electron chi connectivity index (χ1n) is 8.64. The zero-order chi connectivity index (χ0) is 21.7. The van der Waals surface area contributed by atoms with Gasteiger partial charge in [0.15, 0.2) is 0 Å². The molecular weight excluding hydrogens is 552 g/mol. The number of nitrogens with one attached hydrogen (secondary N) is 2. The highest BCUT2D eigenvalue weighted by Gasteiger charge is 2.10. The molecule has 0 atom stereocenters. The lowest BCUT2D eigenvalue weighted by Crippen LogP contribution is -2.21. The van der Waals surface area contributed by atoms with Crippen LogP contribution in [0.2, 0.25) is 0 Å². The van der Waals surface area contributed by atoms with Gasteiger partial charge >= 0.3 is 0 Å². The van der Waals surface area contributed by atoms with Gasteiger partial charge in [-0.2, -0.15) is 10.2 Å². The Bertz CT molecular complexity index is 1040. The topological polar surface area (TPSA) is 82.9 Å². The summed E-state index contributed by atoms with van der Waals surface area (Å²) >= 11 is 9.87. The molecule has 0 spiro atoms. The first kappa shape index (κ1) is 22.5. The predicted octanol–water partition coefficient (Wildman–Crippen LogP) is 5.64. The Morgan fingerprint density at radius 2 is 1.07 bits per heavy atom. The minimum atomic E-state index is -0.353. The molecule has 2 aromatic heterocycles. The molecule has 0 unspecified atom stereocenters. The summed E-state index contributed by atoms with van der Waals surface area (Å²) < 4.78 is 1.99. The number of benzene rings is 1. The van der Waals surface area contributed by atoms with Gasteiger partial charge in [0.25, 0.3) is 11.8 Å². The second-order valence-corrected chi connectivity index (χ2v) is 11.0. The molecule has 0 aliphatic rings. The van der Waals surface area contributed by atoms with Crippen LogP contribution in [0.3, 0.4) is 0 Å². The van der Waals surface area contributed by atoms with Crippen molar-refractivity contribution in [1.29, 1.82) is 0 Å². The summed E-state index contributed by atoms with van der Waals surface area (Å²) in [5, 5.41) is 8.26. The number of carbonyl (C=O) groups is 2. The first-order chi connectivity index (χ1) is 14.3. The Balaban J connectivity index is 1.59. The van der Waals surface area contributed by atoms with Gasteiger partial charge < -0.3 is 0 Å². The maximum Gasteiger partial charge on any atom is 0.271 e. The molecule has 2 heterocycles. The van der Waals surface area contributed by atoms with Gasteiger partial charge in [-0.15, -0.1) is 22.7 Å². The Kier molecular flexibility index (Phi) is 7.70. The number of halogens is 2. The minimum absolute atomic E-state index is 0.353. The maximum atomic E-state index is 12.3. The number of thiophene rings is 2. The van der Waals surface area contributed by atoms with Gasteiger partial charge in [-0.3, -0.25) is 9.59 Å². The lowest BCUT2D eigenvalue weighted by atomic mass is 10.1. The number of hydrazone groups is 2. The predicted molar refractivity (Wildman–Crippen MR) is 130 cm³/mol. The highest BCUT2D eigenvalue weighted by molar-refractivity contribution is 9.11. The summed E-state index contributed by atoms with van der Waals surface area (Å²) in [6.07, 6.45) is 0. The number of rotatable bonds is 6. The number of nitrogens with zero attached hydrogens (tertiary/aromatic N) is 2. The SMILES string of the molecule is C/C(=N\NC(=O)c1ccc(C(=O)N/N=C(\C)c2ccc(Br)s2)cc1)c1ccc(Br)s1. The summed E-state index contributed by atoms with van der Waals surface area (Å²) in [4.78, 5) is 26.5. The van der Waals surface area contributed by atoms with Gasteiger partial charge in [0.1, 0.15) is 0 Å². The zero-order valence-electron chi connectivity index (χ0n) is 15.9. The van der Waals surface area contributed by atoms with Crippen molar-refractivity contribution in [2.24, 2.45) is 10.2 Å². The number of hydrogen-bond donors (Lipinski definition) is 2. The lowest BCUT2D eigenvalue weighted by Gasteiger charge is -2.04. The van der Waals surface area contributed by atoms with Crippen LogP contribution in [0.1, 0.15) is 44.3 Å². The largest absolute Gasteiger partial charge is 0.271 e. The van der Waals surface area contributed by atoms with Gasteiger partial charge in [-0.1, -0.05) is 0 Å². The Labute approximate surface area is 198 Å². The van der Waals surface area contributed by atoms with E-state index >= 15 is 0 Å². The van der Waals surface area contributed by atoms with E-state index in [0.717, 1.165) is 17.3 Å². The Hall–Kier alpha value is -2.14. The lowest BCUT2D eigenvalue weighted by molar-refractivity contribution is 0.0943. The molecule has 0 fully saturated rings. The van der Waals surface area contributed by atoms with E-state index in [4.69, 9.17) is 0 Å². The third-order valence-corrected chi connectivity index (χ3v) is 7.38. The van der Waals surface area contributed by atoms with E-state index in [9.17, 15) is 9.59 Å². The molecule has 6 nitrogen and oxygen atoms in total. The van der Waals surface area contributed by atoms with Crippen LogP contribution in [-0.4, -0.2) is 23.2 Å². The van der Waals surface area contributed by atoms with E-state index in [2.05, 4.69) is 52.9 Å². The highest BCUT2D eigenvalue weighted by Crippen LogP contribution is 2.23. The van der Waals surface area contributed by atoms with Crippen molar-refractivity contribution in [3.05, 3.63) is 77.0 Å². The highest BCUT2D eigenvalue weighted by atomic mass is 79.9. The fraction of sp³-hybridized carbons (Fsp3) is 0.100. The van der Waals surface area contributed by atoms with Crippen LogP contribution in [0.25, 0.3) is 0 Å². The average molecular weight is 568 g/mol. The molecule has 3 aromatic rings. The monoisotopic (exact) mass is 566 g/mol. The van der Waals surface area contributed by atoms with Crippen molar-refractivity contribution >= 4 is 77.8 Å². The number of hydrogen-bond acceptors (Lipinski definition) is 6. The molecule has 0 aliphatic carbocycles. The number of amides is 2. The molecule has 0 bridgehead atoms. The second kappa shape index (κ2) is 10.3. The van der Waals surface area contributed by atoms with Gasteiger partial charge in [0.2, 0.25) is 0 Å². The van der Waals surface area contributed by atoms with E-state index in [-0.39, 0.29) is 11.8 Å². The molecule has 2 amide bonds. The van der Waals surface area contributed by atoms with Crippen LogP contribution >= 0.6 is 54.5 Å². The summed E-state index contributed by atoms with van der Waals surface area (Å²) in [6, 6.07) is 14.0. The van der Waals surface area contributed by atoms with Crippen molar-refractivity contribution in [2.45, 2.75) is 13.8 Å². The molecule has 30 heavy (non-hydrogen) atoms. The second-order valence-electron chi connectivity index (χ2n) is 6.06. The fourth-order valence-corrected chi connectivity index (χ4v) is 4.96. The van der Waals surface area contributed by atoms with Gasteiger partial charge in [-0.25, -0.2) is 10.9 Å². The molecule has 154 valence electrons. The molecule has 1 aromatic carbocycles. The van der Waals surface area contributed by atoms with Crippen LogP contribution in [0.5, 0.6) is 0 Å². The van der Waals surface area contributed by atoms with Crippen LogP contribution in [0, 0.1) is 0 Å². The molecule has 0 saturated heterocycles. The smallest absolute Gasteiger partial charge is 0.267 e. The van der Waals surface area contributed by atoms with Crippen LogP contribution in [0.4, 0.5) is 0 Å². The van der Waals surface area contributed by atoms with Crippen LogP contribution in [0.15, 0.2) is 66.3 Å². The van der Waals surface area contributed by atoms with Gasteiger partial charge in [-0.05, 0) is 94.2 Å². The molecule has 0 radical (unpaired) electrons. The summed E-state index contributed by atoms with van der Waals surface area (Å²) in [5.74, 6) is -0.705. The van der Waals surface area contributed by atoms with Crippen molar-refractivity contribution in [2.75, 3.05) is 0 Å². The zero-order valence-corrected chi connectivity index (χ0v) is 20.7. The van der Waals surface area contributed by atoms with Crippen molar-refractivity contribution in [3.8, 4) is 0 Å². The maximum absolute atomic E-state index is 12.3. The van der Waals surface area contributed by atoms with E-state index in [1.54, 1.807) is 24.3 Å². The van der Waals surface area contributed by atoms with Crippen molar-refractivity contribution in [1.82, 2.24) is 10.9 Å². The van der Waals surface area contributed by atoms with E-state index in [0.29, 0.717) is 22.6 Å². The normalized spacial score (nSPS) is 12.0. The third-order valence-electron chi connectivity index (χ3n) is 3.92. The summed E-state index contributed by atoms with van der Waals surface area (Å²) in [5.41, 5.74) is 7.28. The average Bonchev–Trinajstić information content (AvgIpc) is 3.38. The summed E-state index contributed by atoms with van der Waals surface area (Å²) in [7, 11) is 0. The summed E-state index contributed by atoms with van der Waals surface area (Å²) in [6.45, 7) is 3.65. The Morgan fingerprint density at radius 3 is 1.37 bits per heavy atom. The molecule has 0 aliphatic heterocycles. The minimum Gasteiger partial charge on any atom is -0.267 e. The third kappa shape index (κ3) is 5.94. The van der Waals surface area contributed by atoms with Crippen molar-refractivity contribution in [3.63, 3.8) is 0 Å². The van der Waals surface area contributed by atoms with E-state index in [1.165, 1.54) is 22.7 Å². The van der Waals surface area contributed by atoms with Crippen LogP contribution in [-0.2, 0) is 0 Å². The molecule has 10 heteroatoms. The van der Waals surface area contributed by atoms with Gasteiger partial charge in [0.05, 0.1) is 28.8 Å². The molecule has 2 N–H and O–H groups in total. The molecular formula is C20H16Br2N4O2S2. The number of carbonyl (C=O) groups excluding carboxylic acids is 2. The van der Waals surface area contributed by atoms with E-state index < -0.39 is 0 Å². The fourth-order valence-electron chi connectivity index (χ4n) is 2.30. The quantitative estimate of drug-likeness (QED) is 0.298.